The molecule has 1 heterocycles. The van der Waals surface area contributed by atoms with Crippen LogP contribution in [-0.4, -0.2) is 28.5 Å². The lowest BCUT2D eigenvalue weighted by Crippen LogP contribution is -2.29. The molecule has 1 aromatic carbocycles. The molecular formula is C14H18N4OS. The molecular weight excluding hydrogens is 272 g/mol. The van der Waals surface area contributed by atoms with Crippen LogP contribution in [0, 0.1) is 0 Å². The summed E-state index contributed by atoms with van der Waals surface area (Å²) in [7, 11) is 1.64. The highest BCUT2D eigenvalue weighted by Crippen LogP contribution is 2.22. The van der Waals surface area contributed by atoms with Crippen LogP contribution in [0.1, 0.15) is 6.42 Å². The van der Waals surface area contributed by atoms with E-state index in [0.29, 0.717) is 5.11 Å². The number of ether oxygens (including phenoxy) is 1. The van der Waals surface area contributed by atoms with Crippen molar-refractivity contribution in [3.63, 3.8) is 0 Å². The van der Waals surface area contributed by atoms with Gasteiger partial charge in [0.1, 0.15) is 5.75 Å². The Labute approximate surface area is 123 Å². The molecule has 2 N–H and O–H groups in total. The number of aromatic nitrogens is 2. The Morgan fingerprint density at radius 2 is 2.20 bits per heavy atom. The van der Waals surface area contributed by atoms with Crippen LogP contribution in [-0.2, 0) is 6.54 Å². The smallest absolute Gasteiger partial charge is 0.170 e. The molecule has 6 heteroatoms. The van der Waals surface area contributed by atoms with Crippen molar-refractivity contribution < 1.29 is 4.74 Å². The lowest BCUT2D eigenvalue weighted by Gasteiger charge is -2.13. The second kappa shape index (κ2) is 7.49. The predicted octanol–water partition coefficient (Wildman–Crippen LogP) is 2.27. The molecule has 0 amide bonds. The Bertz CT molecular complexity index is 542. The Morgan fingerprint density at radius 3 is 2.95 bits per heavy atom. The highest BCUT2D eigenvalue weighted by Gasteiger charge is 2.03. The molecule has 20 heavy (non-hydrogen) atoms. The third kappa shape index (κ3) is 4.24. The number of para-hydroxylation sites is 2. The van der Waals surface area contributed by atoms with E-state index in [1.165, 1.54) is 0 Å². The molecule has 0 aliphatic carbocycles. The Morgan fingerprint density at radius 1 is 1.35 bits per heavy atom. The summed E-state index contributed by atoms with van der Waals surface area (Å²) in [4.78, 5) is 0. The molecule has 0 saturated heterocycles. The van der Waals surface area contributed by atoms with Crippen molar-refractivity contribution in [3.8, 4) is 5.75 Å². The first-order chi connectivity index (χ1) is 9.79. The SMILES string of the molecule is COc1ccccc1NC(=S)NCCCn1cccn1. The zero-order valence-electron chi connectivity index (χ0n) is 11.4. The summed E-state index contributed by atoms with van der Waals surface area (Å²) in [5.41, 5.74) is 0.861. The fourth-order valence-electron chi connectivity index (χ4n) is 1.79. The standard InChI is InChI=1S/C14H18N4OS/c1-19-13-7-3-2-6-12(13)17-14(20)15-8-4-10-18-11-5-9-16-18/h2-3,5-7,9,11H,4,8,10H2,1H3,(H2,15,17,20). The van der Waals surface area contributed by atoms with Crippen molar-refractivity contribution >= 4 is 23.0 Å². The van der Waals surface area contributed by atoms with Gasteiger partial charge in [0.05, 0.1) is 12.8 Å². The Balaban J connectivity index is 1.72. The molecule has 0 spiro atoms. The van der Waals surface area contributed by atoms with Crippen molar-refractivity contribution in [2.24, 2.45) is 0 Å². The van der Waals surface area contributed by atoms with Crippen LogP contribution >= 0.6 is 12.2 Å². The van der Waals surface area contributed by atoms with Gasteiger partial charge in [-0.3, -0.25) is 4.68 Å². The number of aryl methyl sites for hydroxylation is 1. The van der Waals surface area contributed by atoms with Crippen LogP contribution in [0.5, 0.6) is 5.75 Å². The maximum Gasteiger partial charge on any atom is 0.170 e. The third-order valence-corrected chi connectivity index (χ3v) is 3.01. The lowest BCUT2D eigenvalue weighted by molar-refractivity contribution is 0.417. The maximum atomic E-state index is 5.26. The highest BCUT2D eigenvalue weighted by atomic mass is 32.1. The van der Waals surface area contributed by atoms with E-state index < -0.39 is 0 Å². The van der Waals surface area contributed by atoms with E-state index in [1.807, 2.05) is 41.2 Å². The number of rotatable bonds is 6. The number of nitrogens with one attached hydrogen (secondary N) is 2. The van der Waals surface area contributed by atoms with Crippen LogP contribution in [0.15, 0.2) is 42.7 Å². The lowest BCUT2D eigenvalue weighted by atomic mass is 10.3. The summed E-state index contributed by atoms with van der Waals surface area (Å²) < 4.78 is 7.16. The minimum absolute atomic E-state index is 0.593. The van der Waals surface area contributed by atoms with E-state index in [0.717, 1.165) is 30.9 Å². The molecule has 0 bridgehead atoms. The van der Waals surface area contributed by atoms with E-state index in [-0.39, 0.29) is 0 Å². The van der Waals surface area contributed by atoms with Crippen molar-refractivity contribution in [2.75, 3.05) is 19.0 Å². The molecule has 1 aromatic heterocycles. The van der Waals surface area contributed by atoms with Crippen LogP contribution in [0.2, 0.25) is 0 Å². The Kier molecular flexibility index (Phi) is 5.37. The Hall–Kier alpha value is -2.08. The summed E-state index contributed by atoms with van der Waals surface area (Å²) in [5, 5.41) is 11.0. The largest absolute Gasteiger partial charge is 0.495 e. The fourth-order valence-corrected chi connectivity index (χ4v) is 2.00. The molecule has 0 aliphatic heterocycles. The number of hydrogen-bond acceptors (Lipinski definition) is 3. The van der Waals surface area contributed by atoms with E-state index in [9.17, 15) is 0 Å². The van der Waals surface area contributed by atoms with Crippen molar-refractivity contribution in [1.29, 1.82) is 0 Å². The number of methoxy groups -OCH3 is 1. The topological polar surface area (TPSA) is 51.1 Å². The molecule has 0 atom stereocenters. The van der Waals surface area contributed by atoms with Crippen LogP contribution in [0.3, 0.4) is 0 Å². The average Bonchev–Trinajstić information content (AvgIpc) is 2.97. The van der Waals surface area contributed by atoms with Gasteiger partial charge >= 0.3 is 0 Å². The van der Waals surface area contributed by atoms with E-state index in [4.69, 9.17) is 17.0 Å². The van der Waals surface area contributed by atoms with Gasteiger partial charge in [-0.05, 0) is 36.8 Å². The van der Waals surface area contributed by atoms with E-state index in [1.54, 1.807) is 13.3 Å². The van der Waals surface area contributed by atoms with Crippen LogP contribution in [0.4, 0.5) is 5.69 Å². The van der Waals surface area contributed by atoms with E-state index >= 15 is 0 Å². The van der Waals surface area contributed by atoms with Gasteiger partial charge in [0.15, 0.2) is 5.11 Å². The monoisotopic (exact) mass is 290 g/mol. The van der Waals surface area contributed by atoms with Gasteiger partial charge in [-0.2, -0.15) is 5.10 Å². The second-order valence-electron chi connectivity index (χ2n) is 4.20. The normalized spacial score (nSPS) is 10.1. The third-order valence-electron chi connectivity index (χ3n) is 2.76. The molecule has 0 saturated carbocycles. The maximum absolute atomic E-state index is 5.26. The molecule has 2 aromatic rings. The molecule has 0 fully saturated rings. The summed E-state index contributed by atoms with van der Waals surface area (Å²) in [6, 6.07) is 9.59. The van der Waals surface area contributed by atoms with Gasteiger partial charge in [-0.1, -0.05) is 12.1 Å². The van der Waals surface area contributed by atoms with Gasteiger partial charge in [-0.15, -0.1) is 0 Å². The zero-order valence-corrected chi connectivity index (χ0v) is 12.2. The van der Waals surface area contributed by atoms with Crippen molar-refractivity contribution in [1.82, 2.24) is 15.1 Å². The minimum atomic E-state index is 0.593. The zero-order chi connectivity index (χ0) is 14.2. The van der Waals surface area contributed by atoms with Gasteiger partial charge in [0.2, 0.25) is 0 Å². The first-order valence-electron chi connectivity index (χ1n) is 6.45. The van der Waals surface area contributed by atoms with Crippen LogP contribution < -0.4 is 15.4 Å². The molecule has 0 unspecified atom stereocenters. The highest BCUT2D eigenvalue weighted by molar-refractivity contribution is 7.80. The number of hydrogen-bond donors (Lipinski definition) is 2. The number of benzene rings is 1. The first-order valence-corrected chi connectivity index (χ1v) is 6.85. The second-order valence-corrected chi connectivity index (χ2v) is 4.61. The summed E-state index contributed by atoms with van der Waals surface area (Å²) in [5.74, 6) is 0.771. The summed E-state index contributed by atoms with van der Waals surface area (Å²) in [6.45, 7) is 1.66. The van der Waals surface area contributed by atoms with E-state index in [2.05, 4.69) is 15.7 Å². The van der Waals surface area contributed by atoms with Crippen molar-refractivity contribution in [3.05, 3.63) is 42.7 Å². The van der Waals surface area contributed by atoms with Crippen LogP contribution in [0.25, 0.3) is 0 Å². The van der Waals surface area contributed by atoms with Gasteiger partial charge in [-0.25, -0.2) is 0 Å². The molecule has 0 aliphatic rings. The number of anilines is 1. The average molecular weight is 290 g/mol. The van der Waals surface area contributed by atoms with Gasteiger partial charge in [0, 0.05) is 25.5 Å². The minimum Gasteiger partial charge on any atom is -0.495 e. The predicted molar refractivity (Wildman–Crippen MR) is 84.1 cm³/mol. The number of nitrogens with zero attached hydrogens (tertiary/aromatic N) is 2. The summed E-state index contributed by atoms with van der Waals surface area (Å²) in [6.07, 6.45) is 4.68. The first kappa shape index (κ1) is 14.3. The molecule has 2 rings (SSSR count). The number of thiocarbonyl (C=S) groups is 1. The fraction of sp³-hybridized carbons (Fsp3) is 0.286. The van der Waals surface area contributed by atoms with Crippen molar-refractivity contribution in [2.45, 2.75) is 13.0 Å². The quantitative estimate of drug-likeness (QED) is 0.631. The summed E-state index contributed by atoms with van der Waals surface area (Å²) >= 11 is 5.26. The van der Waals surface area contributed by atoms with Gasteiger partial charge < -0.3 is 15.4 Å². The molecule has 0 radical (unpaired) electrons. The molecule has 106 valence electrons. The van der Waals surface area contributed by atoms with Gasteiger partial charge in [0.25, 0.3) is 0 Å². The molecule has 5 nitrogen and oxygen atoms in total.